The lowest BCUT2D eigenvalue weighted by Gasteiger charge is -2.40. The average molecular weight is 250 g/mol. The van der Waals surface area contributed by atoms with Crippen LogP contribution in [0.2, 0.25) is 0 Å². The summed E-state index contributed by atoms with van der Waals surface area (Å²) in [7, 11) is 0. The first-order chi connectivity index (χ1) is 8.42. The molecule has 1 N–H and O–H groups in total. The zero-order valence-corrected chi connectivity index (χ0v) is 11.9. The predicted octanol–water partition coefficient (Wildman–Crippen LogP) is 3.27. The van der Waals surface area contributed by atoms with Crippen molar-refractivity contribution in [1.82, 2.24) is 4.90 Å². The van der Waals surface area contributed by atoms with Crippen LogP contribution < -0.4 is 0 Å². The summed E-state index contributed by atoms with van der Waals surface area (Å²) in [5.74, 6) is 0. The van der Waals surface area contributed by atoms with E-state index in [-0.39, 0.29) is 0 Å². The maximum absolute atomic E-state index is 9.17. The molecule has 3 heteroatoms. The number of hydrogen-bond donors (Lipinski definition) is 1. The van der Waals surface area contributed by atoms with Gasteiger partial charge in [-0.3, -0.25) is 4.90 Å². The first kappa shape index (κ1) is 12.5. The van der Waals surface area contributed by atoms with Crippen molar-refractivity contribution in [3.05, 3.63) is 0 Å². The molecule has 0 amide bonds. The van der Waals surface area contributed by atoms with Gasteiger partial charge in [0.2, 0.25) is 0 Å². The minimum Gasteiger partial charge on any atom is -0.411 e. The molecular formula is C15H26N2O. The molecule has 0 unspecified atom stereocenters. The van der Waals surface area contributed by atoms with Gasteiger partial charge in [0.1, 0.15) is 0 Å². The van der Waals surface area contributed by atoms with Crippen molar-refractivity contribution in [3.8, 4) is 0 Å². The Morgan fingerprint density at radius 3 is 2.78 bits per heavy atom. The maximum atomic E-state index is 9.17. The van der Waals surface area contributed by atoms with Crippen LogP contribution in [0.1, 0.15) is 59.3 Å². The summed E-state index contributed by atoms with van der Waals surface area (Å²) in [5, 5.41) is 12.7. The van der Waals surface area contributed by atoms with E-state index in [4.69, 9.17) is 5.21 Å². The SMILES string of the molecule is CC1(C)C[C@@H]2C[C@@](C)(CN2[C@@H]2CCC/C2=N\O)C1. The second-order valence-corrected chi connectivity index (χ2v) is 7.89. The highest BCUT2D eigenvalue weighted by atomic mass is 16.4. The fourth-order valence-corrected chi connectivity index (χ4v) is 5.15. The Kier molecular flexibility index (Phi) is 2.74. The maximum Gasteiger partial charge on any atom is 0.0742 e. The summed E-state index contributed by atoms with van der Waals surface area (Å²) >= 11 is 0. The second-order valence-electron chi connectivity index (χ2n) is 7.89. The Labute approximate surface area is 110 Å². The van der Waals surface area contributed by atoms with E-state index in [0.29, 0.717) is 22.9 Å². The number of oxime groups is 1. The molecule has 1 aliphatic heterocycles. The van der Waals surface area contributed by atoms with Gasteiger partial charge in [0.05, 0.1) is 11.8 Å². The lowest BCUT2D eigenvalue weighted by molar-refractivity contribution is 0.124. The summed E-state index contributed by atoms with van der Waals surface area (Å²) in [5.41, 5.74) is 1.99. The van der Waals surface area contributed by atoms with Gasteiger partial charge >= 0.3 is 0 Å². The van der Waals surface area contributed by atoms with Crippen LogP contribution in [-0.4, -0.2) is 34.4 Å². The normalized spacial score (nSPS) is 45.8. The van der Waals surface area contributed by atoms with Crippen LogP contribution in [0.5, 0.6) is 0 Å². The van der Waals surface area contributed by atoms with Gasteiger partial charge in [0, 0.05) is 12.6 Å². The standard InChI is InChI=1S/C15H26N2O/c1-14(2)7-11-8-15(3,9-14)10-17(11)13-6-4-5-12(13)16-18/h11,13,18H,4-10H2,1-3H3/b16-12+/t11-,13-,15-/m1/s1. The minimum atomic E-state index is 0.427. The fourth-order valence-electron chi connectivity index (χ4n) is 5.15. The molecule has 102 valence electrons. The molecular weight excluding hydrogens is 224 g/mol. The van der Waals surface area contributed by atoms with Crippen molar-refractivity contribution >= 4 is 5.71 Å². The molecule has 0 aromatic rings. The van der Waals surface area contributed by atoms with Crippen molar-refractivity contribution < 1.29 is 5.21 Å². The number of rotatable bonds is 1. The van der Waals surface area contributed by atoms with Crippen LogP contribution in [0.4, 0.5) is 0 Å². The largest absolute Gasteiger partial charge is 0.411 e. The Morgan fingerprint density at radius 2 is 2.06 bits per heavy atom. The molecule has 2 saturated carbocycles. The molecule has 1 saturated heterocycles. The quantitative estimate of drug-likeness (QED) is 0.572. The highest BCUT2D eigenvalue weighted by molar-refractivity contribution is 5.91. The monoisotopic (exact) mass is 250 g/mol. The smallest absolute Gasteiger partial charge is 0.0742 e. The first-order valence-corrected chi connectivity index (χ1v) is 7.39. The third-order valence-electron chi connectivity index (χ3n) is 5.28. The van der Waals surface area contributed by atoms with E-state index in [2.05, 4.69) is 30.8 Å². The molecule has 2 bridgehead atoms. The summed E-state index contributed by atoms with van der Waals surface area (Å²) in [6.45, 7) is 8.48. The van der Waals surface area contributed by atoms with E-state index in [9.17, 15) is 0 Å². The highest BCUT2D eigenvalue weighted by Crippen LogP contribution is 2.53. The molecule has 3 aliphatic rings. The zero-order valence-electron chi connectivity index (χ0n) is 11.9. The Hall–Kier alpha value is -0.570. The van der Waals surface area contributed by atoms with Crippen LogP contribution in [0, 0.1) is 10.8 Å². The van der Waals surface area contributed by atoms with Gasteiger partial charge in [-0.2, -0.15) is 0 Å². The van der Waals surface area contributed by atoms with Crippen LogP contribution in [0.15, 0.2) is 5.16 Å². The fraction of sp³-hybridized carbons (Fsp3) is 0.933. The molecule has 0 spiro atoms. The van der Waals surface area contributed by atoms with Gasteiger partial charge in [-0.25, -0.2) is 0 Å². The Morgan fingerprint density at radius 1 is 1.28 bits per heavy atom. The van der Waals surface area contributed by atoms with Crippen molar-refractivity contribution in [2.45, 2.75) is 71.4 Å². The van der Waals surface area contributed by atoms with Gasteiger partial charge in [-0.05, 0) is 49.4 Å². The topological polar surface area (TPSA) is 35.8 Å². The summed E-state index contributed by atoms with van der Waals surface area (Å²) in [6.07, 6.45) is 7.35. The van der Waals surface area contributed by atoms with Crippen molar-refractivity contribution in [3.63, 3.8) is 0 Å². The molecule has 18 heavy (non-hydrogen) atoms. The molecule has 3 nitrogen and oxygen atoms in total. The van der Waals surface area contributed by atoms with Gasteiger partial charge in [-0.1, -0.05) is 25.9 Å². The molecule has 0 aromatic heterocycles. The van der Waals surface area contributed by atoms with Gasteiger partial charge in [0.25, 0.3) is 0 Å². The highest BCUT2D eigenvalue weighted by Gasteiger charge is 2.52. The number of hydrogen-bond acceptors (Lipinski definition) is 3. The van der Waals surface area contributed by atoms with Crippen LogP contribution in [-0.2, 0) is 0 Å². The first-order valence-electron chi connectivity index (χ1n) is 7.39. The third kappa shape index (κ3) is 1.97. The van der Waals surface area contributed by atoms with Crippen molar-refractivity contribution in [2.75, 3.05) is 6.54 Å². The number of likely N-dealkylation sites (tertiary alicyclic amines) is 1. The summed E-state index contributed by atoms with van der Waals surface area (Å²) < 4.78 is 0. The zero-order chi connectivity index (χ0) is 13.0. The number of fused-ring (bicyclic) bond motifs is 2. The molecule has 1 heterocycles. The minimum absolute atomic E-state index is 0.427. The molecule has 0 aromatic carbocycles. The van der Waals surface area contributed by atoms with Gasteiger partial charge in [-0.15, -0.1) is 0 Å². The molecule has 3 rings (SSSR count). The molecule has 2 aliphatic carbocycles. The molecule has 0 radical (unpaired) electrons. The van der Waals surface area contributed by atoms with Gasteiger partial charge < -0.3 is 5.21 Å². The lowest BCUT2D eigenvalue weighted by Crippen LogP contribution is -2.42. The Bertz CT molecular complexity index is 377. The predicted molar refractivity (Wildman–Crippen MR) is 73.1 cm³/mol. The van der Waals surface area contributed by atoms with Crippen molar-refractivity contribution in [1.29, 1.82) is 0 Å². The van der Waals surface area contributed by atoms with E-state index in [1.165, 1.54) is 38.6 Å². The van der Waals surface area contributed by atoms with E-state index >= 15 is 0 Å². The average Bonchev–Trinajstić information content (AvgIpc) is 2.78. The second kappa shape index (κ2) is 3.96. The summed E-state index contributed by atoms with van der Waals surface area (Å²) in [4.78, 5) is 2.66. The molecule has 3 atom stereocenters. The Balaban J connectivity index is 1.84. The van der Waals surface area contributed by atoms with E-state index in [0.717, 1.165) is 12.1 Å². The lowest BCUT2D eigenvalue weighted by atomic mass is 9.65. The van der Waals surface area contributed by atoms with E-state index in [1.54, 1.807) is 0 Å². The van der Waals surface area contributed by atoms with Crippen molar-refractivity contribution in [2.24, 2.45) is 16.0 Å². The molecule has 3 fully saturated rings. The summed E-state index contributed by atoms with van der Waals surface area (Å²) in [6, 6.07) is 1.13. The van der Waals surface area contributed by atoms with E-state index < -0.39 is 0 Å². The number of nitrogens with zero attached hydrogens (tertiary/aromatic N) is 2. The van der Waals surface area contributed by atoms with Crippen LogP contribution >= 0.6 is 0 Å². The van der Waals surface area contributed by atoms with E-state index in [1.807, 2.05) is 0 Å². The van der Waals surface area contributed by atoms with Crippen LogP contribution in [0.3, 0.4) is 0 Å². The van der Waals surface area contributed by atoms with Crippen LogP contribution in [0.25, 0.3) is 0 Å². The van der Waals surface area contributed by atoms with Gasteiger partial charge in [0.15, 0.2) is 0 Å². The third-order valence-corrected chi connectivity index (χ3v) is 5.28.